The quantitative estimate of drug-likeness (QED) is 0.0209. The van der Waals surface area contributed by atoms with Crippen molar-refractivity contribution >= 4 is 47.5 Å². The Morgan fingerprint density at radius 2 is 0.421 bits per heavy atom. The van der Waals surface area contributed by atoms with E-state index in [0.29, 0.717) is 39.5 Å². The maximum absolute atomic E-state index is 13.9. The third-order valence-corrected chi connectivity index (χ3v) is 24.4. The van der Waals surface area contributed by atoms with Crippen molar-refractivity contribution in [3.63, 3.8) is 0 Å². The van der Waals surface area contributed by atoms with Gasteiger partial charge in [-0.15, -0.1) is 0 Å². The topological polar surface area (TPSA) is 307 Å². The summed E-state index contributed by atoms with van der Waals surface area (Å²) in [6.45, 7) is 14.3. The van der Waals surface area contributed by atoms with E-state index in [1.54, 1.807) is 9.80 Å². The molecule has 4 amide bonds. The second-order valence-corrected chi connectivity index (χ2v) is 36.5. The average molecular weight is 1890 g/mol. The molecule has 8 atom stereocenters. The Morgan fingerprint density at radius 3 is 0.579 bits per heavy atom. The first-order valence-electron chi connectivity index (χ1n) is 47.1. The molecule has 4 aliphatic heterocycles. The summed E-state index contributed by atoms with van der Waals surface area (Å²) in [5.41, 5.74) is 10.6. The SMILES string of the molecule is C.CC(C)(C)OC(=O)[C@@H]1[C@@H](OCCCc2ccccc2)CN1C(=O)C(c1ccccc1)c1ccccc1.CC(C)(C)OC(=O)[C@H]1[C@H](OCCCc2ccccc2)CN1C(=O)C(c1ccccc1)c1ccccc1.O.O=C(O)[C@@H]1[C@@H](OCCCc2ccccc2)CN1C(=O)C(c1ccccc1)c1ccccc1.O=C(O)[C@H]1[C@H](OCCCc2ccccc2)CN1C(=O)C(c1ccccc1)c1ccccc1.[Li+].[OH-]. The molecule has 0 bridgehead atoms. The summed E-state index contributed by atoms with van der Waals surface area (Å²) in [6, 6.07) is 114. The third-order valence-electron chi connectivity index (χ3n) is 24.4. The molecule has 4 heterocycles. The van der Waals surface area contributed by atoms with Gasteiger partial charge in [-0.1, -0.05) is 371 Å². The molecular formula is C117H131LiN4O18. The van der Waals surface area contributed by atoms with Crippen molar-refractivity contribution in [2.45, 2.75) is 184 Å². The Labute approximate surface area is 835 Å². The molecular weight excluding hydrogens is 1760 g/mol. The number of nitrogens with zero attached hydrogens (tertiary/aromatic N) is 4. The molecule has 0 aliphatic carbocycles. The Balaban J connectivity index is 0.000000207. The Kier molecular flexibility index (Phi) is 43.3. The number of esters is 2. The van der Waals surface area contributed by atoms with Crippen molar-refractivity contribution in [3.8, 4) is 0 Å². The number of carbonyl (C=O) groups excluding carboxylic acids is 6. The fourth-order valence-corrected chi connectivity index (χ4v) is 17.6. The van der Waals surface area contributed by atoms with Crippen molar-refractivity contribution in [1.82, 2.24) is 19.6 Å². The zero-order valence-electron chi connectivity index (χ0n) is 80.2. The van der Waals surface area contributed by atoms with Gasteiger partial charge in [0, 0.05) is 26.4 Å². The number of ether oxygens (including phenoxy) is 6. The predicted octanol–water partition coefficient (Wildman–Crippen LogP) is 15.7. The fraction of sp³-hybridized carbons (Fsp3) is 0.316. The number of carbonyl (C=O) groups is 8. The zero-order valence-corrected chi connectivity index (χ0v) is 80.2. The molecule has 0 radical (unpaired) electrons. The van der Waals surface area contributed by atoms with Gasteiger partial charge in [0.15, 0.2) is 24.2 Å². The molecule has 0 spiro atoms. The smallest absolute Gasteiger partial charge is 0.870 e. The Morgan fingerprint density at radius 1 is 0.271 bits per heavy atom. The van der Waals surface area contributed by atoms with Crippen LogP contribution >= 0.6 is 0 Å². The molecule has 4 aliphatic rings. The Hall–Kier alpha value is -13.2. The van der Waals surface area contributed by atoms with Crippen molar-refractivity contribution in [1.29, 1.82) is 0 Å². The van der Waals surface area contributed by atoms with Gasteiger partial charge in [0.05, 0.1) is 49.9 Å². The van der Waals surface area contributed by atoms with E-state index in [9.17, 15) is 48.6 Å². The van der Waals surface area contributed by atoms with Crippen LogP contribution in [0.3, 0.4) is 0 Å². The molecule has 23 heteroatoms. The summed E-state index contributed by atoms with van der Waals surface area (Å²) in [5.74, 6) is -5.65. The van der Waals surface area contributed by atoms with E-state index >= 15 is 0 Å². The van der Waals surface area contributed by atoms with E-state index in [2.05, 4.69) is 48.5 Å². The van der Waals surface area contributed by atoms with E-state index in [1.807, 2.05) is 357 Å². The minimum Gasteiger partial charge on any atom is -0.870 e. The summed E-state index contributed by atoms with van der Waals surface area (Å²) in [6.07, 6.45) is 5.09. The molecule has 4 fully saturated rings. The maximum Gasteiger partial charge on any atom is 1.00 e. The van der Waals surface area contributed by atoms with Gasteiger partial charge in [-0.05, 0) is 160 Å². The van der Waals surface area contributed by atoms with Crippen molar-refractivity contribution in [3.05, 3.63) is 431 Å². The van der Waals surface area contributed by atoms with Gasteiger partial charge < -0.3 is 69.2 Å². The average Bonchev–Trinajstić information content (AvgIpc) is 0.785. The monoisotopic (exact) mass is 1890 g/mol. The number of carboxylic acids is 2. The first-order chi connectivity index (χ1) is 66.0. The van der Waals surface area contributed by atoms with Gasteiger partial charge in [-0.25, -0.2) is 19.2 Å². The van der Waals surface area contributed by atoms with Crippen molar-refractivity contribution in [2.75, 3.05) is 52.6 Å². The van der Waals surface area contributed by atoms with Crippen LogP contribution in [0, 0.1) is 0 Å². The van der Waals surface area contributed by atoms with Crippen LogP contribution in [0.25, 0.3) is 0 Å². The number of carboxylic acid groups (broad SMARTS) is 2. The molecule has 16 rings (SSSR count). The van der Waals surface area contributed by atoms with Crippen LogP contribution in [-0.4, -0.2) is 201 Å². The van der Waals surface area contributed by atoms with Gasteiger partial charge in [0.1, 0.15) is 35.6 Å². The number of hydrogen-bond acceptors (Lipinski definition) is 15. The summed E-state index contributed by atoms with van der Waals surface area (Å²) in [4.78, 5) is 111. The molecule has 0 saturated carbocycles. The van der Waals surface area contributed by atoms with E-state index in [0.717, 1.165) is 95.9 Å². The third kappa shape index (κ3) is 30.9. The largest absolute Gasteiger partial charge is 1.00 e. The molecule has 12 aromatic rings. The number of likely N-dealkylation sites (tertiary alicyclic amines) is 4. The van der Waals surface area contributed by atoms with Gasteiger partial charge in [0.25, 0.3) is 0 Å². The summed E-state index contributed by atoms with van der Waals surface area (Å²) in [5, 5.41) is 19.6. The van der Waals surface area contributed by atoms with E-state index in [1.165, 1.54) is 32.1 Å². The van der Waals surface area contributed by atoms with E-state index < -0.39 is 95.1 Å². The van der Waals surface area contributed by atoms with Crippen LogP contribution < -0.4 is 18.9 Å². The molecule has 0 unspecified atom stereocenters. The normalized spacial score (nSPS) is 17.1. The standard InChI is InChI=1S/2C31H35NO4.2C27H27NO4.CH4.Li.2H2O/c2*1-31(2,3)36-30(34)28-26(35-21-13-16-23-14-7-4-8-15-23)22-32(28)29(33)27(24-17-9-5-10-18-24)25-19-11-6-12-20-25;2*29-26(24(21-14-6-2-7-15-21)22-16-8-3-9-17-22)28-19-23(25(28)27(30)31)32-18-10-13-20-11-4-1-5-12-20;;;;/h2*4-12,14-15,17-20,26-28H,13,16,21-22H2,1-3H3;2*1-9,11-12,14-17,23-25H,10,13,18-19H2,(H,30,31);1H4;;2*1H2/q;;;;;+1;;/p-1/t2*26-,28-;2*23-,25-;;;;/m1010..../s1. The molecule has 5 N–H and O–H groups in total. The minimum atomic E-state index is -1.03. The van der Waals surface area contributed by atoms with E-state index in [4.69, 9.17) is 28.4 Å². The van der Waals surface area contributed by atoms with Crippen molar-refractivity contribution < 1.29 is 107 Å². The minimum absolute atomic E-state index is 0. The maximum atomic E-state index is 13.9. The van der Waals surface area contributed by atoms with Crippen LogP contribution in [0.5, 0.6) is 0 Å². The number of benzene rings is 12. The number of rotatable bonds is 36. The summed E-state index contributed by atoms with van der Waals surface area (Å²) in [7, 11) is 0. The number of hydrogen-bond donors (Lipinski definition) is 2. The summed E-state index contributed by atoms with van der Waals surface area (Å²) < 4.78 is 35.4. The molecule has 0 aromatic heterocycles. The number of amides is 4. The second-order valence-electron chi connectivity index (χ2n) is 36.5. The molecule has 4 saturated heterocycles. The van der Waals surface area contributed by atoms with Gasteiger partial charge in [-0.2, -0.15) is 0 Å². The van der Waals surface area contributed by atoms with Crippen LogP contribution in [0.15, 0.2) is 364 Å². The second kappa shape index (κ2) is 54.9. The van der Waals surface area contributed by atoms with Crippen molar-refractivity contribution in [2.24, 2.45) is 0 Å². The van der Waals surface area contributed by atoms with Gasteiger partial charge in [0.2, 0.25) is 23.6 Å². The molecule has 140 heavy (non-hydrogen) atoms. The zero-order chi connectivity index (χ0) is 95.8. The first-order valence-corrected chi connectivity index (χ1v) is 47.1. The summed E-state index contributed by atoms with van der Waals surface area (Å²) >= 11 is 0. The van der Waals surface area contributed by atoms with Gasteiger partial charge in [-0.3, -0.25) is 19.2 Å². The number of aryl methyl sites for hydroxylation is 4. The van der Waals surface area contributed by atoms with Crippen LogP contribution in [-0.2, 0) is 92.5 Å². The first kappa shape index (κ1) is 110. The van der Waals surface area contributed by atoms with E-state index in [-0.39, 0.29) is 86.2 Å². The predicted molar refractivity (Wildman–Crippen MR) is 538 cm³/mol. The fourth-order valence-electron chi connectivity index (χ4n) is 17.6. The molecule has 22 nitrogen and oxygen atoms in total. The number of aliphatic carboxylic acids is 2. The molecule has 12 aromatic carbocycles. The van der Waals surface area contributed by atoms with Gasteiger partial charge >= 0.3 is 42.7 Å². The molecule has 728 valence electrons. The Bertz CT molecular complexity index is 5220. The van der Waals surface area contributed by atoms with Crippen LogP contribution in [0.4, 0.5) is 0 Å². The van der Waals surface area contributed by atoms with Crippen LogP contribution in [0.1, 0.15) is 165 Å². The van der Waals surface area contributed by atoms with Crippen LogP contribution in [0.2, 0.25) is 0 Å².